The van der Waals surface area contributed by atoms with Crippen LogP contribution in [0, 0.1) is 5.82 Å². The number of amides is 1. The molecule has 4 nitrogen and oxygen atoms in total. The topological polar surface area (TPSA) is 38.8 Å². The van der Waals surface area contributed by atoms with Crippen LogP contribution in [0.1, 0.15) is 11.7 Å². The maximum absolute atomic E-state index is 12.9. The second-order valence-corrected chi connectivity index (χ2v) is 6.52. The van der Waals surface area contributed by atoms with Gasteiger partial charge in [0.15, 0.2) is 6.61 Å². The smallest absolute Gasteiger partial charge is 0.260 e. The number of hydrogen-bond acceptors (Lipinski definition) is 3. The molecule has 0 aliphatic carbocycles. The zero-order chi connectivity index (χ0) is 17.8. The van der Waals surface area contributed by atoms with Crippen molar-refractivity contribution in [3.63, 3.8) is 0 Å². The molecule has 2 aromatic rings. The highest BCUT2D eigenvalue weighted by molar-refractivity contribution is 6.34. The summed E-state index contributed by atoms with van der Waals surface area (Å²) in [7, 11) is 0. The monoisotopic (exact) mass is 383 g/mol. The Morgan fingerprint density at radius 1 is 1.20 bits per heavy atom. The second-order valence-electron chi connectivity index (χ2n) is 5.64. The molecule has 1 atom stereocenters. The third-order valence-corrected chi connectivity index (χ3v) is 4.29. The van der Waals surface area contributed by atoms with E-state index >= 15 is 0 Å². The summed E-state index contributed by atoms with van der Waals surface area (Å²) in [6, 6.07) is 10.7. The summed E-state index contributed by atoms with van der Waals surface area (Å²) in [5, 5.41) is 1.04. The molecule has 1 aliphatic rings. The summed E-state index contributed by atoms with van der Waals surface area (Å²) in [4.78, 5) is 14.0. The summed E-state index contributed by atoms with van der Waals surface area (Å²) in [5.41, 5.74) is 0.828. The van der Waals surface area contributed by atoms with Crippen molar-refractivity contribution in [3.8, 4) is 5.75 Å². The maximum atomic E-state index is 12.9. The van der Waals surface area contributed by atoms with E-state index in [0.717, 1.165) is 5.56 Å². The molecule has 7 heteroatoms. The van der Waals surface area contributed by atoms with Gasteiger partial charge in [0, 0.05) is 16.6 Å². The van der Waals surface area contributed by atoms with Crippen molar-refractivity contribution < 1.29 is 18.7 Å². The average molecular weight is 384 g/mol. The van der Waals surface area contributed by atoms with Gasteiger partial charge in [-0.3, -0.25) is 4.79 Å². The van der Waals surface area contributed by atoms with Gasteiger partial charge in [0.25, 0.3) is 5.91 Å². The van der Waals surface area contributed by atoms with Gasteiger partial charge in [0.1, 0.15) is 17.7 Å². The van der Waals surface area contributed by atoms with Crippen LogP contribution in [0.5, 0.6) is 5.75 Å². The zero-order valence-electron chi connectivity index (χ0n) is 13.3. The molecule has 25 heavy (non-hydrogen) atoms. The van der Waals surface area contributed by atoms with Crippen LogP contribution >= 0.6 is 23.2 Å². The van der Waals surface area contributed by atoms with Gasteiger partial charge < -0.3 is 14.4 Å². The molecule has 1 unspecified atom stereocenters. The van der Waals surface area contributed by atoms with E-state index < -0.39 is 0 Å². The lowest BCUT2D eigenvalue weighted by molar-refractivity contribution is -0.141. The van der Waals surface area contributed by atoms with Crippen molar-refractivity contribution in [2.24, 2.45) is 0 Å². The van der Waals surface area contributed by atoms with Crippen molar-refractivity contribution in [2.45, 2.75) is 6.10 Å². The Morgan fingerprint density at radius 3 is 2.56 bits per heavy atom. The minimum atomic E-state index is -0.352. The Labute approximate surface area is 155 Å². The molecule has 1 aliphatic heterocycles. The number of ether oxygens (including phenoxy) is 2. The van der Waals surface area contributed by atoms with Crippen molar-refractivity contribution in [3.05, 3.63) is 63.9 Å². The molecule has 0 saturated carbocycles. The van der Waals surface area contributed by atoms with E-state index in [1.54, 1.807) is 23.1 Å². The van der Waals surface area contributed by atoms with Crippen LogP contribution in [-0.4, -0.2) is 37.1 Å². The number of rotatable bonds is 4. The highest BCUT2D eigenvalue weighted by atomic mass is 35.5. The normalized spacial score (nSPS) is 17.4. The zero-order valence-corrected chi connectivity index (χ0v) is 14.8. The molecule has 0 aromatic heterocycles. The van der Waals surface area contributed by atoms with Gasteiger partial charge in [-0.25, -0.2) is 4.39 Å². The van der Waals surface area contributed by atoms with E-state index in [2.05, 4.69) is 0 Å². The quantitative estimate of drug-likeness (QED) is 0.797. The first-order chi connectivity index (χ1) is 12.0. The Morgan fingerprint density at radius 2 is 1.88 bits per heavy atom. The number of nitrogens with zero attached hydrogens (tertiary/aromatic N) is 1. The number of halogens is 3. The molecule has 0 radical (unpaired) electrons. The molecule has 0 N–H and O–H groups in total. The van der Waals surface area contributed by atoms with Gasteiger partial charge >= 0.3 is 0 Å². The van der Waals surface area contributed by atoms with Crippen molar-refractivity contribution in [1.29, 1.82) is 0 Å². The Kier molecular flexibility index (Phi) is 5.78. The standard InChI is InChI=1S/C18H16Cl2FNO3/c19-13-7-12(8-14(20)9-13)17-10-22(5-6-24-17)18(23)11-25-16-3-1-15(21)2-4-16/h1-4,7-9,17H,5-6,10-11H2. The lowest BCUT2D eigenvalue weighted by atomic mass is 10.1. The molecule has 2 aromatic carbocycles. The lowest BCUT2D eigenvalue weighted by Crippen LogP contribution is -2.44. The summed E-state index contributed by atoms with van der Waals surface area (Å²) >= 11 is 12.1. The Hall–Kier alpha value is -1.82. The van der Waals surface area contributed by atoms with Crippen LogP contribution in [0.2, 0.25) is 10.0 Å². The molecule has 1 amide bonds. The van der Waals surface area contributed by atoms with Crippen molar-refractivity contribution in [2.75, 3.05) is 26.3 Å². The molecule has 3 rings (SSSR count). The summed E-state index contributed by atoms with van der Waals surface area (Å²) in [6.07, 6.45) is -0.292. The SMILES string of the molecule is O=C(COc1ccc(F)cc1)N1CCOC(c2cc(Cl)cc(Cl)c2)C1. The van der Waals surface area contributed by atoms with Crippen LogP contribution in [0.3, 0.4) is 0 Å². The van der Waals surface area contributed by atoms with Gasteiger partial charge in [0.2, 0.25) is 0 Å². The first-order valence-corrected chi connectivity index (χ1v) is 8.50. The first kappa shape index (κ1) is 18.0. The lowest BCUT2D eigenvalue weighted by Gasteiger charge is -2.33. The average Bonchev–Trinajstić information content (AvgIpc) is 2.60. The van der Waals surface area contributed by atoms with Crippen molar-refractivity contribution in [1.82, 2.24) is 4.90 Å². The van der Waals surface area contributed by atoms with Gasteiger partial charge in [0.05, 0.1) is 13.2 Å². The third kappa shape index (κ3) is 4.84. The van der Waals surface area contributed by atoms with E-state index in [4.69, 9.17) is 32.7 Å². The Bertz CT molecular complexity index is 734. The molecule has 0 bridgehead atoms. The highest BCUT2D eigenvalue weighted by Crippen LogP contribution is 2.28. The van der Waals surface area contributed by atoms with Crippen LogP contribution in [0.25, 0.3) is 0 Å². The molecule has 1 fully saturated rings. The fraction of sp³-hybridized carbons (Fsp3) is 0.278. The minimum absolute atomic E-state index is 0.116. The molecular formula is C18H16Cl2FNO3. The van der Waals surface area contributed by atoms with Crippen LogP contribution < -0.4 is 4.74 Å². The van der Waals surface area contributed by atoms with E-state index in [1.807, 2.05) is 0 Å². The summed E-state index contributed by atoms with van der Waals surface area (Å²) in [5.74, 6) is -0.0678. The Balaban J connectivity index is 1.60. The number of carbonyl (C=O) groups excluding carboxylic acids is 1. The number of benzene rings is 2. The molecule has 0 spiro atoms. The number of carbonyl (C=O) groups is 1. The predicted octanol–water partition coefficient (Wildman–Crippen LogP) is 4.11. The highest BCUT2D eigenvalue weighted by Gasteiger charge is 2.26. The van der Waals surface area contributed by atoms with Crippen molar-refractivity contribution >= 4 is 29.1 Å². The number of hydrogen-bond donors (Lipinski definition) is 0. The van der Waals surface area contributed by atoms with Gasteiger partial charge in [-0.05, 0) is 48.0 Å². The van der Waals surface area contributed by atoms with Crippen LogP contribution in [-0.2, 0) is 9.53 Å². The van der Waals surface area contributed by atoms with Crippen LogP contribution in [0.15, 0.2) is 42.5 Å². The molecule has 132 valence electrons. The van der Waals surface area contributed by atoms with E-state index in [1.165, 1.54) is 24.3 Å². The molecule has 1 heterocycles. The fourth-order valence-corrected chi connectivity index (χ4v) is 3.15. The van der Waals surface area contributed by atoms with Gasteiger partial charge in [-0.1, -0.05) is 23.2 Å². The van der Waals surface area contributed by atoms with E-state index in [-0.39, 0.29) is 24.4 Å². The van der Waals surface area contributed by atoms with E-state index in [0.29, 0.717) is 35.5 Å². The summed E-state index contributed by atoms with van der Waals surface area (Å²) < 4.78 is 24.0. The predicted molar refractivity (Wildman–Crippen MR) is 93.6 cm³/mol. The summed E-state index contributed by atoms with van der Waals surface area (Å²) in [6.45, 7) is 1.17. The van der Waals surface area contributed by atoms with Gasteiger partial charge in [-0.2, -0.15) is 0 Å². The number of morpholine rings is 1. The van der Waals surface area contributed by atoms with Crippen LogP contribution in [0.4, 0.5) is 4.39 Å². The maximum Gasteiger partial charge on any atom is 0.260 e. The minimum Gasteiger partial charge on any atom is -0.484 e. The molecular weight excluding hydrogens is 368 g/mol. The van der Waals surface area contributed by atoms with Gasteiger partial charge in [-0.15, -0.1) is 0 Å². The third-order valence-electron chi connectivity index (χ3n) is 3.85. The fourth-order valence-electron chi connectivity index (χ4n) is 2.61. The largest absolute Gasteiger partial charge is 0.484 e. The second kappa shape index (κ2) is 8.04. The van der Waals surface area contributed by atoms with E-state index in [9.17, 15) is 9.18 Å². The first-order valence-electron chi connectivity index (χ1n) is 7.75. The molecule has 1 saturated heterocycles.